The Morgan fingerprint density at radius 2 is 1.90 bits per heavy atom. The number of rotatable bonds is 6. The number of nitrogens with zero attached hydrogens (tertiary/aromatic N) is 1. The van der Waals surface area contributed by atoms with Crippen molar-refractivity contribution >= 4 is 5.69 Å². The van der Waals surface area contributed by atoms with Crippen LogP contribution in [-0.2, 0) is 6.42 Å². The highest BCUT2D eigenvalue weighted by Gasteiger charge is 2.13. The summed E-state index contributed by atoms with van der Waals surface area (Å²) in [7, 11) is 0. The van der Waals surface area contributed by atoms with Gasteiger partial charge in [-0.1, -0.05) is 42.5 Å². The molecule has 2 aromatic rings. The lowest BCUT2D eigenvalue weighted by Crippen LogP contribution is -2.21. The van der Waals surface area contributed by atoms with Crippen LogP contribution in [0.1, 0.15) is 29.7 Å². The fourth-order valence-electron chi connectivity index (χ4n) is 2.29. The van der Waals surface area contributed by atoms with Gasteiger partial charge in [-0.05, 0) is 37.9 Å². The number of hydrogen-bond acceptors (Lipinski definition) is 3. The Morgan fingerprint density at radius 3 is 2.57 bits per heavy atom. The van der Waals surface area contributed by atoms with Crippen LogP contribution >= 0.6 is 0 Å². The van der Waals surface area contributed by atoms with E-state index in [0.717, 1.165) is 18.5 Å². The van der Waals surface area contributed by atoms with Crippen LogP contribution in [-0.4, -0.2) is 11.5 Å². The molecule has 0 aromatic heterocycles. The van der Waals surface area contributed by atoms with Crippen LogP contribution in [0, 0.1) is 17.0 Å². The molecule has 0 amide bonds. The predicted molar refractivity (Wildman–Crippen MR) is 84.4 cm³/mol. The van der Waals surface area contributed by atoms with Gasteiger partial charge in [0.2, 0.25) is 0 Å². The van der Waals surface area contributed by atoms with E-state index in [2.05, 4.69) is 17.4 Å². The Kier molecular flexibility index (Phi) is 5.06. The highest BCUT2D eigenvalue weighted by molar-refractivity contribution is 5.43. The quantitative estimate of drug-likeness (QED) is 0.648. The zero-order valence-electron chi connectivity index (χ0n) is 12.4. The average Bonchev–Trinajstić information content (AvgIpc) is 2.48. The topological polar surface area (TPSA) is 55.2 Å². The number of nitrogens with one attached hydrogen (secondary N) is 1. The Bertz CT molecular complexity index is 611. The molecule has 4 heteroatoms. The first-order valence-corrected chi connectivity index (χ1v) is 7.10. The van der Waals surface area contributed by atoms with Crippen LogP contribution < -0.4 is 5.32 Å². The van der Waals surface area contributed by atoms with Gasteiger partial charge in [-0.3, -0.25) is 10.1 Å². The van der Waals surface area contributed by atoms with Crippen LogP contribution in [0.3, 0.4) is 0 Å². The minimum atomic E-state index is -0.324. The van der Waals surface area contributed by atoms with Crippen LogP contribution in [0.2, 0.25) is 0 Å². The number of benzene rings is 2. The molecule has 0 saturated carbocycles. The zero-order valence-corrected chi connectivity index (χ0v) is 12.4. The van der Waals surface area contributed by atoms with Crippen molar-refractivity contribution in [2.45, 2.75) is 26.3 Å². The molecule has 1 atom stereocenters. The van der Waals surface area contributed by atoms with E-state index in [4.69, 9.17) is 0 Å². The largest absolute Gasteiger partial charge is 0.310 e. The molecule has 0 aliphatic heterocycles. The molecular weight excluding hydrogens is 264 g/mol. The first-order chi connectivity index (χ1) is 10.1. The van der Waals surface area contributed by atoms with E-state index in [-0.39, 0.29) is 16.7 Å². The summed E-state index contributed by atoms with van der Waals surface area (Å²) >= 11 is 0. The second-order valence-corrected chi connectivity index (χ2v) is 5.21. The summed E-state index contributed by atoms with van der Waals surface area (Å²) < 4.78 is 0. The maximum absolute atomic E-state index is 11.0. The molecule has 0 aliphatic rings. The summed E-state index contributed by atoms with van der Waals surface area (Å²) in [6.07, 6.45) is 0.944. The van der Waals surface area contributed by atoms with Crippen molar-refractivity contribution in [2.75, 3.05) is 6.54 Å². The minimum Gasteiger partial charge on any atom is -0.310 e. The summed E-state index contributed by atoms with van der Waals surface area (Å²) in [5.41, 5.74) is 3.11. The molecule has 21 heavy (non-hydrogen) atoms. The van der Waals surface area contributed by atoms with Crippen molar-refractivity contribution in [1.29, 1.82) is 0 Å². The van der Waals surface area contributed by atoms with Crippen molar-refractivity contribution in [2.24, 2.45) is 0 Å². The van der Waals surface area contributed by atoms with Gasteiger partial charge in [0.25, 0.3) is 5.69 Å². The van der Waals surface area contributed by atoms with Crippen LogP contribution in [0.25, 0.3) is 0 Å². The maximum Gasteiger partial charge on any atom is 0.272 e. The van der Waals surface area contributed by atoms with Crippen LogP contribution in [0.15, 0.2) is 48.5 Å². The lowest BCUT2D eigenvalue weighted by atomic mass is 10.0. The zero-order chi connectivity index (χ0) is 15.2. The van der Waals surface area contributed by atoms with Gasteiger partial charge in [0.1, 0.15) is 0 Å². The first kappa shape index (κ1) is 15.2. The first-order valence-electron chi connectivity index (χ1n) is 7.10. The van der Waals surface area contributed by atoms with E-state index in [1.807, 2.05) is 37.3 Å². The van der Waals surface area contributed by atoms with E-state index in [1.54, 1.807) is 13.0 Å². The predicted octanol–water partition coefficient (Wildman–Crippen LogP) is 3.80. The third-order valence-corrected chi connectivity index (χ3v) is 3.64. The molecule has 0 radical (unpaired) electrons. The van der Waals surface area contributed by atoms with Crippen molar-refractivity contribution < 1.29 is 4.92 Å². The van der Waals surface area contributed by atoms with Crippen LogP contribution in [0.5, 0.6) is 0 Å². The van der Waals surface area contributed by atoms with Gasteiger partial charge < -0.3 is 5.32 Å². The molecule has 1 N–H and O–H groups in total. The Morgan fingerprint density at radius 1 is 1.19 bits per heavy atom. The SMILES string of the molecule is Cc1ccc(C(C)NCCc2ccccc2)cc1[N+](=O)[O-]. The lowest BCUT2D eigenvalue weighted by Gasteiger charge is -2.14. The second-order valence-electron chi connectivity index (χ2n) is 5.21. The molecule has 4 nitrogen and oxygen atoms in total. The number of hydrogen-bond donors (Lipinski definition) is 1. The minimum absolute atomic E-state index is 0.0908. The van der Waals surface area contributed by atoms with E-state index in [1.165, 1.54) is 5.56 Å². The lowest BCUT2D eigenvalue weighted by molar-refractivity contribution is -0.385. The molecular formula is C17H20N2O2. The van der Waals surface area contributed by atoms with Crippen molar-refractivity contribution in [3.8, 4) is 0 Å². The monoisotopic (exact) mass is 284 g/mol. The van der Waals surface area contributed by atoms with Gasteiger partial charge in [-0.15, -0.1) is 0 Å². The van der Waals surface area contributed by atoms with Crippen molar-refractivity contribution in [3.05, 3.63) is 75.3 Å². The van der Waals surface area contributed by atoms with Crippen molar-refractivity contribution in [3.63, 3.8) is 0 Å². The van der Waals surface area contributed by atoms with Gasteiger partial charge in [0.05, 0.1) is 4.92 Å². The van der Waals surface area contributed by atoms with Gasteiger partial charge in [-0.2, -0.15) is 0 Å². The third kappa shape index (κ3) is 4.13. The molecule has 110 valence electrons. The summed E-state index contributed by atoms with van der Waals surface area (Å²) in [5, 5.41) is 14.4. The standard InChI is InChI=1S/C17H20N2O2/c1-13-8-9-16(12-17(13)19(20)21)14(2)18-11-10-15-6-4-3-5-7-15/h3-9,12,14,18H,10-11H2,1-2H3. The average molecular weight is 284 g/mol. The highest BCUT2D eigenvalue weighted by Crippen LogP contribution is 2.23. The second kappa shape index (κ2) is 6.99. The Labute approximate surface area is 125 Å². The number of nitro benzene ring substituents is 1. The van der Waals surface area contributed by atoms with Crippen molar-refractivity contribution in [1.82, 2.24) is 5.32 Å². The van der Waals surface area contributed by atoms with Crippen LogP contribution in [0.4, 0.5) is 5.69 Å². The molecule has 0 bridgehead atoms. The fraction of sp³-hybridized carbons (Fsp3) is 0.294. The molecule has 0 saturated heterocycles. The summed E-state index contributed by atoms with van der Waals surface area (Å²) in [6.45, 7) is 4.63. The molecule has 0 aliphatic carbocycles. The summed E-state index contributed by atoms with van der Waals surface area (Å²) in [5.74, 6) is 0. The smallest absolute Gasteiger partial charge is 0.272 e. The molecule has 2 aromatic carbocycles. The van der Waals surface area contributed by atoms with E-state index < -0.39 is 0 Å². The van der Waals surface area contributed by atoms with E-state index >= 15 is 0 Å². The molecule has 0 heterocycles. The van der Waals surface area contributed by atoms with E-state index in [9.17, 15) is 10.1 Å². The summed E-state index contributed by atoms with van der Waals surface area (Å²) in [4.78, 5) is 10.7. The fourth-order valence-corrected chi connectivity index (χ4v) is 2.29. The van der Waals surface area contributed by atoms with E-state index in [0.29, 0.717) is 5.56 Å². The third-order valence-electron chi connectivity index (χ3n) is 3.64. The normalized spacial score (nSPS) is 12.1. The van der Waals surface area contributed by atoms with Gasteiger partial charge in [0.15, 0.2) is 0 Å². The molecule has 0 spiro atoms. The van der Waals surface area contributed by atoms with Gasteiger partial charge >= 0.3 is 0 Å². The molecule has 0 fully saturated rings. The Balaban J connectivity index is 1.96. The Hall–Kier alpha value is -2.20. The van der Waals surface area contributed by atoms with Gasteiger partial charge in [-0.25, -0.2) is 0 Å². The highest BCUT2D eigenvalue weighted by atomic mass is 16.6. The maximum atomic E-state index is 11.0. The summed E-state index contributed by atoms with van der Waals surface area (Å²) in [6, 6.07) is 15.8. The molecule has 2 rings (SSSR count). The number of aryl methyl sites for hydroxylation is 1. The number of nitro groups is 1. The molecule has 1 unspecified atom stereocenters. The van der Waals surface area contributed by atoms with Gasteiger partial charge in [0, 0.05) is 17.7 Å².